The zero-order valence-corrected chi connectivity index (χ0v) is 13.6. The van der Waals surface area contributed by atoms with Crippen molar-refractivity contribution in [3.63, 3.8) is 0 Å². The van der Waals surface area contributed by atoms with E-state index in [1.165, 1.54) is 0 Å². The molecule has 1 aromatic carbocycles. The number of carbonyl (C=O) groups excluding carboxylic acids is 1. The summed E-state index contributed by atoms with van der Waals surface area (Å²) < 4.78 is 2.04. The van der Waals surface area contributed by atoms with Crippen LogP contribution in [0.2, 0.25) is 0 Å². The van der Waals surface area contributed by atoms with E-state index < -0.39 is 0 Å². The van der Waals surface area contributed by atoms with Crippen molar-refractivity contribution in [2.45, 2.75) is 0 Å². The summed E-state index contributed by atoms with van der Waals surface area (Å²) in [4.78, 5) is 25.3. The number of hydrogen-bond donors (Lipinski definition) is 0. The highest BCUT2D eigenvalue weighted by molar-refractivity contribution is 5.98. The lowest BCUT2D eigenvalue weighted by molar-refractivity contribution is 0.0746. The highest BCUT2D eigenvalue weighted by Gasteiger charge is 2.23. The molecule has 0 bridgehead atoms. The van der Waals surface area contributed by atoms with E-state index in [9.17, 15) is 4.79 Å². The summed E-state index contributed by atoms with van der Waals surface area (Å²) in [5.41, 5.74) is 1.83. The molecule has 1 amide bonds. The molecule has 0 radical (unpaired) electrons. The predicted molar refractivity (Wildman–Crippen MR) is 93.1 cm³/mol. The Balaban J connectivity index is 1.48. The van der Waals surface area contributed by atoms with Gasteiger partial charge in [-0.1, -0.05) is 6.07 Å². The monoisotopic (exact) mass is 321 g/mol. The van der Waals surface area contributed by atoms with Crippen LogP contribution < -0.4 is 4.90 Å². The zero-order valence-electron chi connectivity index (χ0n) is 13.6. The smallest absolute Gasteiger partial charge is 0.254 e. The molecule has 3 aromatic rings. The lowest BCUT2D eigenvalue weighted by Gasteiger charge is -2.35. The Labute approximate surface area is 140 Å². The minimum Gasteiger partial charge on any atom is -0.352 e. The summed E-state index contributed by atoms with van der Waals surface area (Å²) in [5, 5.41) is 1.15. The van der Waals surface area contributed by atoms with E-state index in [2.05, 4.69) is 20.9 Å². The fourth-order valence-corrected chi connectivity index (χ4v) is 3.17. The highest BCUT2D eigenvalue weighted by atomic mass is 16.2. The van der Waals surface area contributed by atoms with Crippen LogP contribution in [0.25, 0.3) is 10.9 Å². The maximum atomic E-state index is 12.8. The largest absolute Gasteiger partial charge is 0.352 e. The van der Waals surface area contributed by atoms with E-state index >= 15 is 0 Å². The van der Waals surface area contributed by atoms with Gasteiger partial charge in [-0.15, -0.1) is 0 Å². The molecule has 0 saturated carbocycles. The van der Waals surface area contributed by atoms with Crippen molar-refractivity contribution in [3.8, 4) is 0 Å². The molecule has 1 aliphatic heterocycles. The van der Waals surface area contributed by atoms with Gasteiger partial charge >= 0.3 is 0 Å². The Morgan fingerprint density at radius 1 is 1.08 bits per heavy atom. The van der Waals surface area contributed by atoms with Gasteiger partial charge < -0.3 is 14.4 Å². The van der Waals surface area contributed by atoms with Crippen molar-refractivity contribution < 1.29 is 4.79 Å². The number of aryl methyl sites for hydroxylation is 1. The number of anilines is 1. The molecular formula is C18H19N5O. The van der Waals surface area contributed by atoms with Crippen molar-refractivity contribution >= 4 is 22.6 Å². The van der Waals surface area contributed by atoms with Gasteiger partial charge in [-0.2, -0.15) is 0 Å². The van der Waals surface area contributed by atoms with E-state index in [1.807, 2.05) is 40.9 Å². The molecule has 1 aliphatic rings. The van der Waals surface area contributed by atoms with Crippen LogP contribution in [0.3, 0.4) is 0 Å². The molecule has 3 heterocycles. The molecule has 0 unspecified atom stereocenters. The molecule has 0 atom stereocenters. The zero-order chi connectivity index (χ0) is 16.5. The first-order valence-corrected chi connectivity index (χ1v) is 8.08. The second-order valence-corrected chi connectivity index (χ2v) is 6.04. The Bertz CT molecular complexity index is 866. The second kappa shape index (κ2) is 5.96. The first-order valence-electron chi connectivity index (χ1n) is 8.08. The van der Waals surface area contributed by atoms with E-state index in [0.717, 1.165) is 35.4 Å². The Hall–Kier alpha value is -2.89. The Morgan fingerprint density at radius 3 is 2.67 bits per heavy atom. The molecule has 2 aromatic heterocycles. The topological polar surface area (TPSA) is 54.3 Å². The van der Waals surface area contributed by atoms with Gasteiger partial charge in [0, 0.05) is 62.9 Å². The number of fused-ring (bicyclic) bond motifs is 1. The minimum absolute atomic E-state index is 0.0943. The molecule has 6 heteroatoms. The summed E-state index contributed by atoms with van der Waals surface area (Å²) in [6, 6.07) is 7.97. The molecule has 122 valence electrons. The van der Waals surface area contributed by atoms with Crippen LogP contribution in [0, 0.1) is 0 Å². The second-order valence-electron chi connectivity index (χ2n) is 6.04. The molecule has 24 heavy (non-hydrogen) atoms. The summed E-state index contributed by atoms with van der Waals surface area (Å²) >= 11 is 0. The van der Waals surface area contributed by atoms with Gasteiger partial charge in [-0.25, -0.2) is 4.98 Å². The molecular weight excluding hydrogens is 302 g/mol. The van der Waals surface area contributed by atoms with Crippen LogP contribution in [0.4, 0.5) is 5.82 Å². The Kier molecular flexibility index (Phi) is 3.65. The van der Waals surface area contributed by atoms with Crippen LogP contribution in [0.1, 0.15) is 10.4 Å². The maximum Gasteiger partial charge on any atom is 0.254 e. The summed E-state index contributed by atoms with van der Waals surface area (Å²) in [6.07, 6.45) is 7.14. The molecule has 0 aliphatic carbocycles. The first-order chi connectivity index (χ1) is 11.7. The number of piperazine rings is 1. The molecule has 1 saturated heterocycles. The van der Waals surface area contributed by atoms with Crippen molar-refractivity contribution in [2.75, 3.05) is 31.1 Å². The number of nitrogens with zero attached hydrogens (tertiary/aromatic N) is 5. The first kappa shape index (κ1) is 14.7. The van der Waals surface area contributed by atoms with Crippen LogP contribution in [-0.4, -0.2) is 51.5 Å². The van der Waals surface area contributed by atoms with E-state index in [-0.39, 0.29) is 5.91 Å². The maximum absolute atomic E-state index is 12.8. The van der Waals surface area contributed by atoms with Gasteiger partial charge in [0.1, 0.15) is 5.82 Å². The third-order valence-corrected chi connectivity index (χ3v) is 4.58. The van der Waals surface area contributed by atoms with Crippen LogP contribution in [0.5, 0.6) is 0 Å². The summed E-state index contributed by atoms with van der Waals surface area (Å²) in [6.45, 7) is 2.94. The standard InChI is InChI=1S/C18H19N5O/c1-21-7-4-14-2-3-15(12-16(14)21)18(24)23-10-8-22(9-11-23)17-13-19-5-6-20-17/h2-7,12-13H,8-11H2,1H3. The fourth-order valence-electron chi connectivity index (χ4n) is 3.17. The van der Waals surface area contributed by atoms with Crippen molar-refractivity contribution in [3.05, 3.63) is 54.6 Å². The number of benzene rings is 1. The third-order valence-electron chi connectivity index (χ3n) is 4.58. The molecule has 1 fully saturated rings. The van der Waals surface area contributed by atoms with Gasteiger partial charge in [0.2, 0.25) is 0 Å². The summed E-state index contributed by atoms with van der Waals surface area (Å²) in [5.74, 6) is 0.965. The molecule has 4 rings (SSSR count). The van der Waals surface area contributed by atoms with Gasteiger partial charge in [0.25, 0.3) is 5.91 Å². The average molecular weight is 321 g/mol. The molecule has 0 N–H and O–H groups in total. The van der Waals surface area contributed by atoms with E-state index in [1.54, 1.807) is 18.6 Å². The lowest BCUT2D eigenvalue weighted by atomic mass is 10.1. The molecule has 6 nitrogen and oxygen atoms in total. The Morgan fingerprint density at radius 2 is 1.92 bits per heavy atom. The SMILES string of the molecule is Cn1ccc2ccc(C(=O)N3CCN(c4cnccn4)CC3)cc21. The average Bonchev–Trinajstić information content (AvgIpc) is 3.02. The number of amides is 1. The number of rotatable bonds is 2. The van der Waals surface area contributed by atoms with Crippen LogP contribution in [-0.2, 0) is 7.05 Å². The van der Waals surface area contributed by atoms with Crippen molar-refractivity contribution in [1.29, 1.82) is 0 Å². The van der Waals surface area contributed by atoms with Crippen molar-refractivity contribution in [1.82, 2.24) is 19.4 Å². The fraction of sp³-hybridized carbons (Fsp3) is 0.278. The minimum atomic E-state index is 0.0943. The van der Waals surface area contributed by atoms with E-state index in [4.69, 9.17) is 0 Å². The van der Waals surface area contributed by atoms with Crippen molar-refractivity contribution in [2.24, 2.45) is 7.05 Å². The van der Waals surface area contributed by atoms with Gasteiger partial charge in [-0.3, -0.25) is 9.78 Å². The number of carbonyl (C=O) groups is 1. The van der Waals surface area contributed by atoms with E-state index in [0.29, 0.717) is 13.1 Å². The molecule has 0 spiro atoms. The van der Waals surface area contributed by atoms with Crippen LogP contribution >= 0.6 is 0 Å². The predicted octanol–water partition coefficient (Wildman–Crippen LogP) is 1.93. The van der Waals surface area contributed by atoms with Gasteiger partial charge in [0.15, 0.2) is 0 Å². The van der Waals surface area contributed by atoms with Gasteiger partial charge in [-0.05, 0) is 23.6 Å². The lowest BCUT2D eigenvalue weighted by Crippen LogP contribution is -2.49. The highest BCUT2D eigenvalue weighted by Crippen LogP contribution is 2.19. The number of aromatic nitrogens is 3. The normalized spacial score (nSPS) is 15.0. The van der Waals surface area contributed by atoms with Gasteiger partial charge in [0.05, 0.1) is 6.20 Å². The number of hydrogen-bond acceptors (Lipinski definition) is 4. The quantitative estimate of drug-likeness (QED) is 0.724. The third kappa shape index (κ3) is 2.60. The van der Waals surface area contributed by atoms with Crippen LogP contribution in [0.15, 0.2) is 49.1 Å². The summed E-state index contributed by atoms with van der Waals surface area (Å²) in [7, 11) is 2.00.